The van der Waals surface area contributed by atoms with Crippen molar-refractivity contribution in [3.05, 3.63) is 42.2 Å². The van der Waals surface area contributed by atoms with Crippen LogP contribution in [0.2, 0.25) is 0 Å². The zero-order valence-electron chi connectivity index (χ0n) is 11.4. The van der Waals surface area contributed by atoms with Crippen LogP contribution in [0.25, 0.3) is 0 Å². The molecule has 1 fully saturated rings. The molecule has 0 unspecified atom stereocenters. The Bertz CT molecular complexity index is 430. The van der Waals surface area contributed by atoms with Crippen molar-refractivity contribution in [1.29, 1.82) is 0 Å². The summed E-state index contributed by atoms with van der Waals surface area (Å²) in [6, 6.07) is 4.98. The van der Waals surface area contributed by atoms with Crippen LogP contribution >= 0.6 is 0 Å². The van der Waals surface area contributed by atoms with Crippen molar-refractivity contribution in [2.24, 2.45) is 0 Å². The van der Waals surface area contributed by atoms with Gasteiger partial charge in [0.25, 0.3) is 0 Å². The molecule has 4 heteroatoms. The fourth-order valence-electron chi connectivity index (χ4n) is 2.58. The van der Waals surface area contributed by atoms with Crippen LogP contribution < -0.4 is 10.1 Å². The van der Waals surface area contributed by atoms with E-state index in [0.717, 1.165) is 38.2 Å². The number of nitrogens with one attached hydrogen (secondary N) is 1. The number of hydrogen-bond donors (Lipinski definition) is 1. The monoisotopic (exact) mass is 264 g/mol. The lowest BCUT2D eigenvalue weighted by molar-refractivity contribution is 0.171. The Labute approximate surface area is 114 Å². The average Bonchev–Trinajstić information content (AvgIpc) is 2.46. The van der Waals surface area contributed by atoms with Gasteiger partial charge in [-0.05, 0) is 12.5 Å². The van der Waals surface area contributed by atoms with Gasteiger partial charge in [-0.3, -0.25) is 4.90 Å². The van der Waals surface area contributed by atoms with Gasteiger partial charge in [-0.2, -0.15) is 0 Å². The molecule has 0 bridgehead atoms. The first-order chi connectivity index (χ1) is 9.26. The van der Waals surface area contributed by atoms with E-state index in [1.807, 2.05) is 12.1 Å². The lowest BCUT2D eigenvalue weighted by Crippen LogP contribution is -2.45. The number of benzene rings is 1. The molecule has 2 rings (SSSR count). The molecule has 0 aliphatic carbocycles. The molecule has 1 aromatic carbocycles. The van der Waals surface area contributed by atoms with Crippen LogP contribution in [0.15, 0.2) is 30.9 Å². The van der Waals surface area contributed by atoms with Gasteiger partial charge in [0.05, 0.1) is 7.11 Å². The zero-order chi connectivity index (χ0) is 13.7. The number of nitrogens with zero attached hydrogens (tertiary/aromatic N) is 1. The van der Waals surface area contributed by atoms with E-state index in [1.165, 1.54) is 12.1 Å². The summed E-state index contributed by atoms with van der Waals surface area (Å²) in [5.74, 6) is 0.351. The normalized spacial score (nSPS) is 18.0. The van der Waals surface area contributed by atoms with E-state index >= 15 is 0 Å². The second-order valence-electron chi connectivity index (χ2n) is 4.71. The number of ether oxygens (including phenoxy) is 1. The minimum absolute atomic E-state index is 0.204. The second-order valence-corrected chi connectivity index (χ2v) is 4.71. The van der Waals surface area contributed by atoms with E-state index < -0.39 is 0 Å². The maximum absolute atomic E-state index is 13.3. The van der Waals surface area contributed by atoms with Gasteiger partial charge in [-0.25, -0.2) is 4.39 Å². The number of rotatable bonds is 5. The molecule has 1 atom stereocenters. The molecule has 1 aromatic rings. The van der Waals surface area contributed by atoms with Crippen LogP contribution in [0.5, 0.6) is 5.75 Å². The summed E-state index contributed by atoms with van der Waals surface area (Å²) < 4.78 is 18.6. The SMILES string of the molecule is C=CC[C@H](c1ccc(F)cc1OC)N1CCNCC1. The van der Waals surface area contributed by atoms with Crippen LogP contribution in [0.4, 0.5) is 4.39 Å². The first-order valence-corrected chi connectivity index (χ1v) is 6.65. The predicted octanol–water partition coefficient (Wildman–Crippen LogP) is 2.36. The van der Waals surface area contributed by atoms with E-state index in [-0.39, 0.29) is 11.9 Å². The van der Waals surface area contributed by atoms with E-state index in [4.69, 9.17) is 4.74 Å². The summed E-state index contributed by atoms with van der Waals surface area (Å²) in [6.45, 7) is 7.77. The van der Waals surface area contributed by atoms with Gasteiger partial charge < -0.3 is 10.1 Å². The van der Waals surface area contributed by atoms with Gasteiger partial charge in [0.1, 0.15) is 11.6 Å². The molecule has 0 radical (unpaired) electrons. The van der Waals surface area contributed by atoms with Crippen molar-refractivity contribution in [2.45, 2.75) is 12.5 Å². The highest BCUT2D eigenvalue weighted by atomic mass is 19.1. The van der Waals surface area contributed by atoms with Crippen molar-refractivity contribution in [3.63, 3.8) is 0 Å². The lowest BCUT2D eigenvalue weighted by atomic mass is 10.00. The highest BCUT2D eigenvalue weighted by molar-refractivity contribution is 5.37. The second kappa shape index (κ2) is 6.68. The summed E-state index contributed by atoms with van der Waals surface area (Å²) in [5, 5.41) is 3.34. The molecule has 1 heterocycles. The van der Waals surface area contributed by atoms with Crippen LogP contribution in [0.3, 0.4) is 0 Å². The fourth-order valence-corrected chi connectivity index (χ4v) is 2.58. The van der Waals surface area contributed by atoms with Crippen molar-refractivity contribution in [2.75, 3.05) is 33.3 Å². The Morgan fingerprint density at radius 3 is 2.84 bits per heavy atom. The zero-order valence-corrected chi connectivity index (χ0v) is 11.4. The quantitative estimate of drug-likeness (QED) is 0.826. The molecule has 0 saturated carbocycles. The molecule has 1 aliphatic heterocycles. The maximum Gasteiger partial charge on any atom is 0.126 e. The molecule has 19 heavy (non-hydrogen) atoms. The number of piperazine rings is 1. The van der Waals surface area contributed by atoms with E-state index in [0.29, 0.717) is 5.75 Å². The third-order valence-corrected chi connectivity index (χ3v) is 3.54. The topological polar surface area (TPSA) is 24.5 Å². The average molecular weight is 264 g/mol. The number of halogens is 1. The van der Waals surface area contributed by atoms with Gasteiger partial charge in [-0.15, -0.1) is 6.58 Å². The Hall–Kier alpha value is -1.39. The van der Waals surface area contributed by atoms with Crippen molar-refractivity contribution in [3.8, 4) is 5.75 Å². The Balaban J connectivity index is 2.29. The summed E-state index contributed by atoms with van der Waals surface area (Å²) in [4.78, 5) is 2.40. The summed E-state index contributed by atoms with van der Waals surface area (Å²) in [6.07, 6.45) is 2.75. The molecule has 0 amide bonds. The molecule has 3 nitrogen and oxygen atoms in total. The Morgan fingerprint density at radius 2 is 2.21 bits per heavy atom. The van der Waals surface area contributed by atoms with E-state index in [1.54, 1.807) is 7.11 Å². The van der Waals surface area contributed by atoms with E-state index in [2.05, 4.69) is 16.8 Å². The predicted molar refractivity (Wildman–Crippen MR) is 74.9 cm³/mol. The lowest BCUT2D eigenvalue weighted by Gasteiger charge is -2.35. The highest BCUT2D eigenvalue weighted by Gasteiger charge is 2.23. The molecular weight excluding hydrogens is 243 g/mol. The van der Waals surface area contributed by atoms with Crippen LogP contribution in [-0.2, 0) is 0 Å². The molecule has 1 N–H and O–H groups in total. The summed E-state index contributed by atoms with van der Waals surface area (Å²) in [5.41, 5.74) is 1.03. The van der Waals surface area contributed by atoms with E-state index in [9.17, 15) is 4.39 Å². The first kappa shape index (κ1) is 14.0. The van der Waals surface area contributed by atoms with Gasteiger partial charge in [0.2, 0.25) is 0 Å². The summed E-state index contributed by atoms with van der Waals surface area (Å²) >= 11 is 0. The molecular formula is C15H21FN2O. The van der Waals surface area contributed by atoms with Crippen LogP contribution in [-0.4, -0.2) is 38.2 Å². The molecule has 0 aromatic heterocycles. The Morgan fingerprint density at radius 1 is 1.47 bits per heavy atom. The Kier molecular flexibility index (Phi) is 4.93. The third-order valence-electron chi connectivity index (χ3n) is 3.54. The van der Waals surface area contributed by atoms with Gasteiger partial charge in [0.15, 0.2) is 0 Å². The summed E-state index contributed by atoms with van der Waals surface area (Å²) in [7, 11) is 1.58. The molecule has 1 aliphatic rings. The first-order valence-electron chi connectivity index (χ1n) is 6.65. The van der Waals surface area contributed by atoms with Crippen molar-refractivity contribution in [1.82, 2.24) is 10.2 Å². The van der Waals surface area contributed by atoms with Crippen molar-refractivity contribution < 1.29 is 9.13 Å². The minimum Gasteiger partial charge on any atom is -0.496 e. The van der Waals surface area contributed by atoms with Crippen molar-refractivity contribution >= 4 is 0 Å². The highest BCUT2D eigenvalue weighted by Crippen LogP contribution is 2.32. The third kappa shape index (κ3) is 3.33. The van der Waals surface area contributed by atoms with Gasteiger partial charge >= 0.3 is 0 Å². The number of hydrogen-bond acceptors (Lipinski definition) is 3. The molecule has 104 valence electrons. The molecule has 0 spiro atoms. The maximum atomic E-state index is 13.3. The van der Waals surface area contributed by atoms with Gasteiger partial charge in [0, 0.05) is 43.9 Å². The standard InChI is InChI=1S/C15H21FN2O/c1-3-4-14(18-9-7-17-8-10-18)13-6-5-12(16)11-15(13)19-2/h3,5-6,11,14,17H,1,4,7-10H2,2H3/t14-/m1/s1. The minimum atomic E-state index is -0.265. The van der Waals surface area contributed by atoms with Crippen LogP contribution in [0.1, 0.15) is 18.0 Å². The molecule has 1 saturated heterocycles. The fraction of sp³-hybridized carbons (Fsp3) is 0.467. The number of methoxy groups -OCH3 is 1. The van der Waals surface area contributed by atoms with Crippen LogP contribution in [0, 0.1) is 5.82 Å². The van der Waals surface area contributed by atoms with Gasteiger partial charge in [-0.1, -0.05) is 12.1 Å². The smallest absolute Gasteiger partial charge is 0.126 e. The largest absolute Gasteiger partial charge is 0.496 e.